The van der Waals surface area contributed by atoms with Gasteiger partial charge in [0.05, 0.1) is 6.04 Å². The Labute approximate surface area is 191 Å². The molecule has 5 heteroatoms. The molecule has 2 aliphatic heterocycles. The van der Waals surface area contributed by atoms with E-state index in [1.165, 1.54) is 11.1 Å². The Morgan fingerprint density at radius 1 is 0.968 bits per heavy atom. The summed E-state index contributed by atoms with van der Waals surface area (Å²) in [4.78, 5) is 20.4. The van der Waals surface area contributed by atoms with E-state index in [1.54, 1.807) is 0 Å². The maximum atomic E-state index is 13.6. The average Bonchev–Trinajstić information content (AvgIpc) is 2.80. The quantitative estimate of drug-likeness (QED) is 0.554. The molecule has 166 valence electrons. The van der Waals surface area contributed by atoms with Crippen LogP contribution in [0, 0.1) is 0 Å². The van der Waals surface area contributed by atoms with Gasteiger partial charge in [0.2, 0.25) is 0 Å². The number of amides is 2. The maximum Gasteiger partial charge on any atom is 0.320 e. The summed E-state index contributed by atoms with van der Waals surface area (Å²) in [5.41, 5.74) is 2.52. The number of hydrogen-bond acceptors (Lipinski definition) is 2. The van der Waals surface area contributed by atoms with Crippen LogP contribution >= 0.6 is 11.6 Å². The summed E-state index contributed by atoms with van der Waals surface area (Å²) in [6.07, 6.45) is 4.17. The van der Waals surface area contributed by atoms with Gasteiger partial charge in [0.1, 0.15) is 0 Å². The van der Waals surface area contributed by atoms with Crippen LogP contribution in [0.1, 0.15) is 56.7 Å². The van der Waals surface area contributed by atoms with Gasteiger partial charge in [-0.3, -0.25) is 4.90 Å². The molecular formula is C26H34ClN3O. The molecule has 0 radical (unpaired) electrons. The van der Waals surface area contributed by atoms with E-state index in [9.17, 15) is 4.79 Å². The topological polar surface area (TPSA) is 26.8 Å². The first-order chi connectivity index (χ1) is 15.0. The Hall–Kier alpha value is -2.04. The first kappa shape index (κ1) is 22.2. The lowest BCUT2D eigenvalue weighted by molar-refractivity contribution is -0.0114. The van der Waals surface area contributed by atoms with E-state index < -0.39 is 0 Å². The minimum absolute atomic E-state index is 0.0104. The molecule has 1 spiro atoms. The fourth-order valence-electron chi connectivity index (χ4n) is 5.24. The van der Waals surface area contributed by atoms with Gasteiger partial charge < -0.3 is 9.80 Å². The predicted octanol–water partition coefficient (Wildman–Crippen LogP) is 5.97. The highest BCUT2D eigenvalue weighted by Gasteiger charge is 2.47. The third kappa shape index (κ3) is 4.75. The summed E-state index contributed by atoms with van der Waals surface area (Å²) < 4.78 is 0. The zero-order chi connectivity index (χ0) is 21.8. The van der Waals surface area contributed by atoms with E-state index >= 15 is 0 Å². The number of carbonyl (C=O) groups excluding carboxylic acids is 1. The van der Waals surface area contributed by atoms with Gasteiger partial charge in [-0.15, -0.1) is 0 Å². The molecular weight excluding hydrogens is 406 g/mol. The monoisotopic (exact) mass is 439 g/mol. The number of carbonyl (C=O) groups is 1. The van der Waals surface area contributed by atoms with E-state index in [1.807, 2.05) is 18.2 Å². The molecule has 4 rings (SSSR count). The first-order valence-corrected chi connectivity index (χ1v) is 12.0. The molecule has 1 atom stereocenters. The fraction of sp³-hybridized carbons (Fsp3) is 0.500. The third-order valence-corrected chi connectivity index (χ3v) is 7.42. The number of hydrogen-bond donors (Lipinski definition) is 0. The molecule has 2 aromatic rings. The largest absolute Gasteiger partial charge is 0.320 e. The van der Waals surface area contributed by atoms with Crippen LogP contribution in [0.5, 0.6) is 0 Å². The number of rotatable bonds is 6. The molecule has 0 N–H and O–H groups in total. The van der Waals surface area contributed by atoms with E-state index in [2.05, 4.69) is 64.9 Å². The standard InChI is InChI=1S/C26H34ClN3O/c1-3-16-30-25(31)29(21(2)23-7-5-4-6-8-23)19-15-26(30)13-17-28(18-14-26)20-22-9-11-24(27)12-10-22/h4-12,21H,3,13-20H2,1-2H3/t21-/m0/s1. The molecule has 2 heterocycles. The molecule has 0 bridgehead atoms. The van der Waals surface area contributed by atoms with Crippen LogP contribution < -0.4 is 0 Å². The van der Waals surface area contributed by atoms with Crippen LogP contribution in [0.3, 0.4) is 0 Å². The molecule has 2 aromatic carbocycles. The van der Waals surface area contributed by atoms with Gasteiger partial charge in [-0.1, -0.05) is 61.0 Å². The number of likely N-dealkylation sites (tertiary alicyclic amines) is 1. The molecule has 2 aliphatic rings. The van der Waals surface area contributed by atoms with Crippen LogP contribution in [-0.2, 0) is 6.54 Å². The Morgan fingerprint density at radius 3 is 2.26 bits per heavy atom. The number of benzene rings is 2. The van der Waals surface area contributed by atoms with E-state index in [4.69, 9.17) is 11.6 Å². The minimum atomic E-state index is 0.0104. The van der Waals surface area contributed by atoms with Crippen LogP contribution in [0.2, 0.25) is 5.02 Å². The molecule has 0 aliphatic carbocycles. The van der Waals surface area contributed by atoms with Crippen molar-refractivity contribution in [1.29, 1.82) is 0 Å². The molecule has 2 amide bonds. The lowest BCUT2D eigenvalue weighted by Crippen LogP contribution is -2.65. The first-order valence-electron chi connectivity index (χ1n) is 11.6. The van der Waals surface area contributed by atoms with E-state index in [0.29, 0.717) is 0 Å². The Bertz CT molecular complexity index is 862. The highest BCUT2D eigenvalue weighted by atomic mass is 35.5. The average molecular weight is 440 g/mol. The summed E-state index contributed by atoms with van der Waals surface area (Å²) in [7, 11) is 0. The van der Waals surface area contributed by atoms with Crippen LogP contribution in [-0.4, -0.2) is 52.4 Å². The van der Waals surface area contributed by atoms with Gasteiger partial charge in [-0.05, 0) is 55.9 Å². The normalized spacial score (nSPS) is 20.3. The Morgan fingerprint density at radius 2 is 1.61 bits per heavy atom. The van der Waals surface area contributed by atoms with Crippen molar-refractivity contribution in [2.24, 2.45) is 0 Å². The van der Waals surface area contributed by atoms with Gasteiger partial charge in [0.15, 0.2) is 0 Å². The molecule has 4 nitrogen and oxygen atoms in total. The van der Waals surface area contributed by atoms with Crippen molar-refractivity contribution in [2.75, 3.05) is 26.2 Å². The second kappa shape index (κ2) is 9.62. The van der Waals surface area contributed by atoms with Crippen molar-refractivity contribution in [1.82, 2.24) is 14.7 Å². The zero-order valence-electron chi connectivity index (χ0n) is 18.8. The fourth-order valence-corrected chi connectivity index (χ4v) is 5.37. The highest BCUT2D eigenvalue weighted by molar-refractivity contribution is 6.30. The van der Waals surface area contributed by atoms with E-state index in [-0.39, 0.29) is 17.6 Å². The van der Waals surface area contributed by atoms with Crippen molar-refractivity contribution in [3.63, 3.8) is 0 Å². The van der Waals surface area contributed by atoms with Crippen LogP contribution in [0.15, 0.2) is 54.6 Å². The van der Waals surface area contributed by atoms with Gasteiger partial charge in [-0.25, -0.2) is 4.79 Å². The van der Waals surface area contributed by atoms with Gasteiger partial charge >= 0.3 is 6.03 Å². The Balaban J connectivity index is 1.44. The SMILES string of the molecule is CCCN1C(=O)N([C@@H](C)c2ccccc2)CCC12CCN(Cc1ccc(Cl)cc1)CC2. The molecule has 0 unspecified atom stereocenters. The Kier molecular flexibility index (Phi) is 6.88. The van der Waals surface area contributed by atoms with Crippen molar-refractivity contribution in [3.05, 3.63) is 70.7 Å². The van der Waals surface area contributed by atoms with Crippen molar-refractivity contribution in [2.45, 2.75) is 57.7 Å². The molecule has 0 saturated carbocycles. The van der Waals surface area contributed by atoms with Crippen molar-refractivity contribution >= 4 is 17.6 Å². The molecule has 0 aromatic heterocycles. The van der Waals surface area contributed by atoms with E-state index in [0.717, 1.165) is 63.4 Å². The van der Waals surface area contributed by atoms with Crippen LogP contribution in [0.4, 0.5) is 4.79 Å². The zero-order valence-corrected chi connectivity index (χ0v) is 19.5. The second-order valence-electron chi connectivity index (χ2n) is 9.09. The number of piperidine rings is 1. The van der Waals surface area contributed by atoms with Crippen LogP contribution in [0.25, 0.3) is 0 Å². The van der Waals surface area contributed by atoms with Gasteiger partial charge in [0, 0.05) is 43.3 Å². The summed E-state index contributed by atoms with van der Waals surface area (Å²) in [6, 6.07) is 18.9. The molecule has 2 saturated heterocycles. The molecule has 2 fully saturated rings. The smallest absolute Gasteiger partial charge is 0.319 e. The summed E-state index contributed by atoms with van der Waals surface area (Å²) in [5.74, 6) is 0. The lowest BCUT2D eigenvalue weighted by atomic mass is 9.80. The third-order valence-electron chi connectivity index (χ3n) is 7.17. The van der Waals surface area contributed by atoms with Gasteiger partial charge in [-0.2, -0.15) is 0 Å². The number of urea groups is 1. The number of halogens is 1. The minimum Gasteiger partial charge on any atom is -0.319 e. The summed E-state index contributed by atoms with van der Waals surface area (Å²) in [5, 5.41) is 0.784. The lowest BCUT2D eigenvalue weighted by Gasteiger charge is -2.54. The van der Waals surface area contributed by atoms with Gasteiger partial charge in [0.25, 0.3) is 0 Å². The second-order valence-corrected chi connectivity index (χ2v) is 9.53. The van der Waals surface area contributed by atoms with Crippen molar-refractivity contribution < 1.29 is 4.79 Å². The highest BCUT2D eigenvalue weighted by Crippen LogP contribution is 2.39. The summed E-state index contributed by atoms with van der Waals surface area (Å²) >= 11 is 6.03. The number of nitrogens with zero attached hydrogens (tertiary/aromatic N) is 3. The summed E-state index contributed by atoms with van der Waals surface area (Å²) in [6.45, 7) is 9.03. The van der Waals surface area contributed by atoms with Crippen molar-refractivity contribution in [3.8, 4) is 0 Å². The predicted molar refractivity (Wildman–Crippen MR) is 127 cm³/mol. The maximum absolute atomic E-state index is 13.6. The molecule has 31 heavy (non-hydrogen) atoms.